The van der Waals surface area contributed by atoms with Crippen LogP contribution in [0.5, 0.6) is 0 Å². The molecule has 1 aliphatic heterocycles. The Morgan fingerprint density at radius 2 is 1.93 bits per heavy atom. The summed E-state index contributed by atoms with van der Waals surface area (Å²) in [5.41, 5.74) is 3.89. The highest BCUT2D eigenvalue weighted by Gasteiger charge is 2.31. The molecule has 1 aromatic heterocycles. The number of dihydropyridines is 1. The van der Waals surface area contributed by atoms with Crippen molar-refractivity contribution in [2.24, 2.45) is 0 Å². The molecule has 8 nitrogen and oxygen atoms in total. The number of nitrogens with one attached hydrogen (secondary N) is 2. The number of fused-ring (bicyclic) bond motifs is 1. The third-order valence-electron chi connectivity index (χ3n) is 4.95. The van der Waals surface area contributed by atoms with Gasteiger partial charge in [-0.2, -0.15) is 15.6 Å². The number of hydrogen-bond donors (Lipinski definition) is 2. The van der Waals surface area contributed by atoms with Crippen molar-refractivity contribution in [1.29, 1.82) is 10.5 Å². The van der Waals surface area contributed by atoms with Crippen LogP contribution in [0.4, 0.5) is 5.69 Å². The van der Waals surface area contributed by atoms with Crippen molar-refractivity contribution in [2.45, 2.75) is 12.8 Å². The highest BCUT2D eigenvalue weighted by atomic mass is 16.6. The summed E-state index contributed by atoms with van der Waals surface area (Å²) in [5, 5.41) is 41.8. The van der Waals surface area contributed by atoms with Crippen LogP contribution in [0.3, 0.4) is 0 Å². The lowest BCUT2D eigenvalue weighted by Gasteiger charge is -2.28. The van der Waals surface area contributed by atoms with Gasteiger partial charge in [0.2, 0.25) is 0 Å². The molecule has 0 spiro atoms. The number of non-ortho nitro benzene ring substituents is 1. The number of H-pyrrole nitrogens is 1. The van der Waals surface area contributed by atoms with Crippen molar-refractivity contribution in [3.05, 3.63) is 86.7 Å². The first kappa shape index (κ1) is 18.0. The molecule has 140 valence electrons. The molecule has 0 fully saturated rings. The lowest BCUT2D eigenvalue weighted by molar-refractivity contribution is -0.384. The van der Waals surface area contributed by atoms with Crippen molar-refractivity contribution in [3.63, 3.8) is 0 Å². The third kappa shape index (κ3) is 2.99. The van der Waals surface area contributed by atoms with Crippen LogP contribution in [0.25, 0.3) is 16.6 Å². The minimum atomic E-state index is -0.584. The molecule has 2 N–H and O–H groups in total. The predicted molar refractivity (Wildman–Crippen MR) is 106 cm³/mol. The molecule has 0 saturated carbocycles. The first-order valence-corrected chi connectivity index (χ1v) is 8.73. The molecule has 4 rings (SSSR count). The topological polar surface area (TPSA) is 131 Å². The van der Waals surface area contributed by atoms with Gasteiger partial charge in [0.05, 0.1) is 51.5 Å². The van der Waals surface area contributed by atoms with Gasteiger partial charge in [-0.05, 0) is 24.6 Å². The molecule has 2 aromatic carbocycles. The Hall–Kier alpha value is -4.43. The smallest absolute Gasteiger partial charge is 0.270 e. The minimum Gasteiger partial charge on any atom is -0.357 e. The summed E-state index contributed by atoms with van der Waals surface area (Å²) in [6.07, 6.45) is 1.68. The summed E-state index contributed by atoms with van der Waals surface area (Å²) in [6.45, 7) is 1.76. The highest BCUT2D eigenvalue weighted by Crippen LogP contribution is 2.41. The van der Waals surface area contributed by atoms with E-state index in [0.717, 1.165) is 16.5 Å². The van der Waals surface area contributed by atoms with Crippen LogP contribution in [0.1, 0.15) is 24.0 Å². The Kier molecular flexibility index (Phi) is 4.30. The fourth-order valence-corrected chi connectivity index (χ4v) is 3.57. The van der Waals surface area contributed by atoms with Crippen molar-refractivity contribution >= 4 is 22.3 Å². The van der Waals surface area contributed by atoms with Gasteiger partial charge in [0, 0.05) is 28.8 Å². The van der Waals surface area contributed by atoms with Gasteiger partial charge in [-0.15, -0.1) is 0 Å². The minimum absolute atomic E-state index is 0.0711. The van der Waals surface area contributed by atoms with Crippen LogP contribution >= 0.6 is 0 Å². The Morgan fingerprint density at radius 1 is 1.14 bits per heavy atom. The maximum atomic E-state index is 11.2. The fourth-order valence-electron chi connectivity index (χ4n) is 3.57. The number of nitro groups is 1. The average Bonchev–Trinajstić information content (AvgIpc) is 3.20. The number of allylic oxidation sites excluding steroid dienone is 3. The standard InChI is InChI=1S/C21H14N6O2/c1-12-17(9-22)20(13-5-6-19-15(7-13)11-24-26-19)18(10-23)21(25-12)14-3-2-4-16(8-14)27(28)29/h2-8,11,20,25H,1H3,(H,24,26). The number of rotatable bonds is 3. The van der Waals surface area contributed by atoms with Gasteiger partial charge in [0.15, 0.2) is 0 Å². The summed E-state index contributed by atoms with van der Waals surface area (Å²) >= 11 is 0. The van der Waals surface area contributed by atoms with Crippen molar-refractivity contribution in [3.8, 4) is 12.1 Å². The van der Waals surface area contributed by atoms with E-state index in [2.05, 4.69) is 27.7 Å². The summed E-state index contributed by atoms with van der Waals surface area (Å²) in [7, 11) is 0. The normalized spacial score (nSPS) is 16.3. The van der Waals surface area contributed by atoms with Crippen LogP contribution < -0.4 is 5.32 Å². The first-order valence-electron chi connectivity index (χ1n) is 8.73. The average molecular weight is 382 g/mol. The van der Waals surface area contributed by atoms with E-state index in [-0.39, 0.29) is 5.69 Å². The Balaban J connectivity index is 1.94. The van der Waals surface area contributed by atoms with Crippen LogP contribution in [0.2, 0.25) is 0 Å². The second-order valence-electron chi connectivity index (χ2n) is 6.63. The van der Waals surface area contributed by atoms with Gasteiger partial charge in [-0.3, -0.25) is 15.2 Å². The van der Waals surface area contributed by atoms with Crippen molar-refractivity contribution < 1.29 is 4.92 Å². The van der Waals surface area contributed by atoms with Crippen LogP contribution in [-0.4, -0.2) is 15.1 Å². The molecule has 0 saturated heterocycles. The van der Waals surface area contributed by atoms with Gasteiger partial charge >= 0.3 is 0 Å². The molecular formula is C21H14N6O2. The summed E-state index contributed by atoms with van der Waals surface area (Å²) in [4.78, 5) is 10.7. The van der Waals surface area contributed by atoms with Crippen LogP contribution in [0, 0.1) is 32.8 Å². The molecule has 1 aliphatic rings. The molecular weight excluding hydrogens is 368 g/mol. The molecule has 2 heterocycles. The highest BCUT2D eigenvalue weighted by molar-refractivity contribution is 5.82. The van der Waals surface area contributed by atoms with Crippen molar-refractivity contribution in [1.82, 2.24) is 15.5 Å². The molecule has 29 heavy (non-hydrogen) atoms. The van der Waals surface area contributed by atoms with E-state index in [0.29, 0.717) is 28.1 Å². The zero-order valence-corrected chi connectivity index (χ0v) is 15.3. The molecule has 0 amide bonds. The molecule has 1 unspecified atom stereocenters. The van der Waals surface area contributed by atoms with E-state index < -0.39 is 10.8 Å². The zero-order chi connectivity index (χ0) is 20.5. The van der Waals surface area contributed by atoms with E-state index in [9.17, 15) is 20.6 Å². The maximum Gasteiger partial charge on any atom is 0.270 e. The zero-order valence-electron chi connectivity index (χ0n) is 15.3. The van der Waals surface area contributed by atoms with Gasteiger partial charge in [0.25, 0.3) is 5.69 Å². The first-order chi connectivity index (χ1) is 14.0. The van der Waals surface area contributed by atoms with E-state index >= 15 is 0 Å². The van der Waals surface area contributed by atoms with E-state index in [1.807, 2.05) is 18.2 Å². The summed E-state index contributed by atoms with van der Waals surface area (Å²) in [5.74, 6) is -0.584. The fraction of sp³-hybridized carbons (Fsp3) is 0.0952. The van der Waals surface area contributed by atoms with Gasteiger partial charge in [0.1, 0.15) is 0 Å². The lowest BCUT2D eigenvalue weighted by Crippen LogP contribution is -2.24. The summed E-state index contributed by atoms with van der Waals surface area (Å²) in [6, 6.07) is 16.1. The predicted octanol–water partition coefficient (Wildman–Crippen LogP) is 3.89. The SMILES string of the molecule is CC1=C(C#N)C(c2ccc3[nH]ncc3c2)C(C#N)=C(c2cccc([N+](=O)[O-])c2)N1. The molecule has 0 bridgehead atoms. The monoisotopic (exact) mass is 382 g/mol. The number of hydrogen-bond acceptors (Lipinski definition) is 6. The van der Waals surface area contributed by atoms with E-state index in [4.69, 9.17) is 0 Å². The van der Waals surface area contributed by atoms with Gasteiger partial charge in [-0.1, -0.05) is 18.2 Å². The second kappa shape index (κ2) is 6.95. The molecule has 3 aromatic rings. The van der Waals surface area contributed by atoms with Gasteiger partial charge in [-0.25, -0.2) is 0 Å². The van der Waals surface area contributed by atoms with E-state index in [1.54, 1.807) is 25.3 Å². The Bertz CT molecular complexity index is 1300. The number of nitriles is 2. The van der Waals surface area contributed by atoms with Gasteiger partial charge < -0.3 is 5.32 Å². The molecule has 8 heteroatoms. The quantitative estimate of drug-likeness (QED) is 0.522. The lowest BCUT2D eigenvalue weighted by atomic mass is 9.80. The number of aromatic amines is 1. The molecule has 0 radical (unpaired) electrons. The number of benzene rings is 2. The third-order valence-corrected chi connectivity index (χ3v) is 4.95. The van der Waals surface area contributed by atoms with E-state index in [1.165, 1.54) is 12.1 Å². The largest absolute Gasteiger partial charge is 0.357 e. The number of aromatic nitrogens is 2. The maximum absolute atomic E-state index is 11.2. The summed E-state index contributed by atoms with van der Waals surface area (Å²) < 4.78 is 0. The number of nitro benzene ring substituents is 1. The Labute approximate surface area is 165 Å². The van der Waals surface area contributed by atoms with Crippen molar-refractivity contribution in [2.75, 3.05) is 0 Å². The Morgan fingerprint density at radius 3 is 2.66 bits per heavy atom. The number of nitrogens with zero attached hydrogens (tertiary/aromatic N) is 4. The van der Waals surface area contributed by atoms with Crippen LogP contribution in [0.15, 0.2) is 65.5 Å². The molecule has 0 aliphatic carbocycles. The molecule has 1 atom stereocenters. The second-order valence-corrected chi connectivity index (χ2v) is 6.63. The van der Waals surface area contributed by atoms with Crippen LogP contribution in [-0.2, 0) is 0 Å².